The highest BCUT2D eigenvalue weighted by Gasteiger charge is 2.19. The molecule has 0 bridgehead atoms. The summed E-state index contributed by atoms with van der Waals surface area (Å²) in [6.07, 6.45) is 0. The summed E-state index contributed by atoms with van der Waals surface area (Å²) in [5.41, 5.74) is -0.0984. The molecule has 22 heavy (non-hydrogen) atoms. The highest BCUT2D eigenvalue weighted by atomic mass is 79.9. The van der Waals surface area contributed by atoms with Crippen molar-refractivity contribution in [2.24, 2.45) is 14.1 Å². The van der Waals surface area contributed by atoms with Crippen molar-refractivity contribution in [2.75, 3.05) is 11.9 Å². The van der Waals surface area contributed by atoms with Crippen molar-refractivity contribution in [3.8, 4) is 6.07 Å². The predicted molar refractivity (Wildman–Crippen MR) is 87.9 cm³/mol. The van der Waals surface area contributed by atoms with Crippen LogP contribution >= 0.6 is 15.9 Å². The van der Waals surface area contributed by atoms with Crippen LogP contribution in [0.15, 0.2) is 38.3 Å². The van der Waals surface area contributed by atoms with Crippen molar-refractivity contribution in [3.63, 3.8) is 0 Å². The maximum absolute atomic E-state index is 12.1. The number of hydrogen-bond acceptors (Lipinski definition) is 4. The Hall–Kier alpha value is -2.33. The molecule has 0 amide bonds. The molecule has 2 aromatic rings. The second-order valence-electron chi connectivity index (χ2n) is 4.96. The van der Waals surface area contributed by atoms with Gasteiger partial charge >= 0.3 is 5.69 Å². The summed E-state index contributed by atoms with van der Waals surface area (Å²) >= 11 is 3.47. The van der Waals surface area contributed by atoms with Gasteiger partial charge in [0.25, 0.3) is 5.56 Å². The molecule has 0 aliphatic rings. The molecule has 0 saturated carbocycles. The van der Waals surface area contributed by atoms with E-state index in [1.807, 2.05) is 30.3 Å². The minimum atomic E-state index is -0.584. The SMILES string of the molecule is CN(Cc1ccccc1Br)c1c(C#N)c(=O)n(C)c(=O)n1C. The smallest absolute Gasteiger partial charge is 0.332 e. The van der Waals surface area contributed by atoms with E-state index in [2.05, 4.69) is 15.9 Å². The minimum Gasteiger partial charge on any atom is -0.355 e. The number of nitrogens with zero attached hydrogens (tertiary/aromatic N) is 4. The highest BCUT2D eigenvalue weighted by molar-refractivity contribution is 9.10. The lowest BCUT2D eigenvalue weighted by Gasteiger charge is -2.23. The van der Waals surface area contributed by atoms with Crippen molar-refractivity contribution in [2.45, 2.75) is 6.54 Å². The summed E-state index contributed by atoms with van der Waals surface area (Å²) in [5.74, 6) is 0.311. The topological polar surface area (TPSA) is 71.0 Å². The van der Waals surface area contributed by atoms with Crippen LogP contribution in [0.3, 0.4) is 0 Å². The molecule has 1 heterocycles. The van der Waals surface area contributed by atoms with E-state index in [-0.39, 0.29) is 5.56 Å². The van der Waals surface area contributed by atoms with Crippen molar-refractivity contribution in [3.05, 3.63) is 60.7 Å². The number of nitriles is 1. The van der Waals surface area contributed by atoms with Gasteiger partial charge in [-0.05, 0) is 11.6 Å². The van der Waals surface area contributed by atoms with Gasteiger partial charge in [-0.2, -0.15) is 5.26 Å². The fourth-order valence-corrected chi connectivity index (χ4v) is 2.75. The average molecular weight is 363 g/mol. The number of anilines is 1. The molecule has 1 aromatic heterocycles. The van der Waals surface area contributed by atoms with Gasteiger partial charge in [0, 0.05) is 32.2 Å². The van der Waals surface area contributed by atoms with Gasteiger partial charge in [-0.15, -0.1) is 0 Å². The second kappa shape index (κ2) is 6.20. The fraction of sp³-hybridized carbons (Fsp3) is 0.267. The van der Waals surface area contributed by atoms with Gasteiger partial charge in [0.05, 0.1) is 0 Å². The average Bonchev–Trinajstić information content (AvgIpc) is 2.50. The van der Waals surface area contributed by atoms with Gasteiger partial charge in [0.1, 0.15) is 11.9 Å². The van der Waals surface area contributed by atoms with Crippen LogP contribution in [-0.2, 0) is 20.6 Å². The Balaban J connectivity index is 2.58. The van der Waals surface area contributed by atoms with Crippen LogP contribution < -0.4 is 16.1 Å². The van der Waals surface area contributed by atoms with E-state index < -0.39 is 11.2 Å². The molecule has 0 atom stereocenters. The first kappa shape index (κ1) is 16.0. The highest BCUT2D eigenvalue weighted by Crippen LogP contribution is 2.21. The fourth-order valence-electron chi connectivity index (χ4n) is 2.34. The molecular formula is C15H15BrN4O2. The van der Waals surface area contributed by atoms with Crippen LogP contribution in [-0.4, -0.2) is 16.2 Å². The van der Waals surface area contributed by atoms with E-state index in [4.69, 9.17) is 0 Å². The van der Waals surface area contributed by atoms with Crippen LogP contribution in [0.5, 0.6) is 0 Å². The largest absolute Gasteiger partial charge is 0.355 e. The summed E-state index contributed by atoms with van der Waals surface area (Å²) in [6, 6.07) is 9.57. The molecule has 0 fully saturated rings. The zero-order valence-corrected chi connectivity index (χ0v) is 14.1. The Morgan fingerprint density at radius 3 is 2.45 bits per heavy atom. The number of rotatable bonds is 3. The quantitative estimate of drug-likeness (QED) is 0.826. The molecule has 0 spiro atoms. The van der Waals surface area contributed by atoms with Gasteiger partial charge in [-0.25, -0.2) is 4.79 Å². The van der Waals surface area contributed by atoms with Crippen LogP contribution in [0, 0.1) is 11.3 Å². The summed E-state index contributed by atoms with van der Waals surface area (Å²) < 4.78 is 3.18. The molecule has 0 N–H and O–H groups in total. The Bertz CT molecular complexity index is 877. The van der Waals surface area contributed by atoms with Crippen LogP contribution in [0.1, 0.15) is 11.1 Å². The van der Waals surface area contributed by atoms with Crippen molar-refractivity contribution in [1.29, 1.82) is 5.26 Å². The summed E-state index contributed by atoms with van der Waals surface area (Å²) in [6.45, 7) is 0.455. The number of aromatic nitrogens is 2. The molecule has 1 aromatic carbocycles. The van der Waals surface area contributed by atoms with Gasteiger partial charge in [-0.1, -0.05) is 34.1 Å². The normalized spacial score (nSPS) is 10.3. The summed E-state index contributed by atoms with van der Waals surface area (Å²) in [5, 5.41) is 9.29. The summed E-state index contributed by atoms with van der Waals surface area (Å²) in [4.78, 5) is 25.9. The number of halogens is 1. The molecule has 6 nitrogen and oxygen atoms in total. The van der Waals surface area contributed by atoms with E-state index in [1.165, 1.54) is 11.6 Å². The zero-order valence-electron chi connectivity index (χ0n) is 12.5. The van der Waals surface area contributed by atoms with Crippen molar-refractivity contribution < 1.29 is 0 Å². The minimum absolute atomic E-state index is 0.0425. The number of hydrogen-bond donors (Lipinski definition) is 0. The molecule has 0 aliphatic heterocycles. The molecule has 0 saturated heterocycles. The number of benzene rings is 1. The predicted octanol–water partition coefficient (Wildman–Crippen LogP) is 1.35. The Kier molecular flexibility index (Phi) is 4.52. The third kappa shape index (κ3) is 2.70. The maximum Gasteiger partial charge on any atom is 0.332 e. The molecule has 0 unspecified atom stereocenters. The van der Waals surface area contributed by atoms with Gasteiger partial charge in [0.2, 0.25) is 0 Å². The maximum atomic E-state index is 12.1. The molecule has 7 heteroatoms. The van der Waals surface area contributed by atoms with E-state index in [9.17, 15) is 14.9 Å². The first-order valence-electron chi connectivity index (χ1n) is 6.53. The third-order valence-electron chi connectivity index (χ3n) is 3.47. The van der Waals surface area contributed by atoms with Crippen LogP contribution in [0.25, 0.3) is 0 Å². The van der Waals surface area contributed by atoms with E-state index >= 15 is 0 Å². The van der Waals surface area contributed by atoms with E-state index in [1.54, 1.807) is 19.0 Å². The second-order valence-corrected chi connectivity index (χ2v) is 5.82. The third-order valence-corrected chi connectivity index (χ3v) is 4.25. The zero-order chi connectivity index (χ0) is 16.4. The summed E-state index contributed by atoms with van der Waals surface area (Å²) in [7, 11) is 4.66. The molecule has 114 valence electrons. The lowest BCUT2D eigenvalue weighted by Crippen LogP contribution is -2.41. The first-order chi connectivity index (χ1) is 10.4. The standard InChI is InChI=1S/C15H15BrN4O2/c1-18(9-10-6-4-5-7-12(10)16)13-11(8-17)14(21)20(3)15(22)19(13)2/h4-7H,9H2,1-3H3. The first-order valence-corrected chi connectivity index (χ1v) is 7.32. The van der Waals surface area contributed by atoms with Gasteiger partial charge < -0.3 is 4.90 Å². The van der Waals surface area contributed by atoms with E-state index in [0.29, 0.717) is 12.4 Å². The van der Waals surface area contributed by atoms with Crippen molar-refractivity contribution >= 4 is 21.7 Å². The Labute approximate surface area is 136 Å². The van der Waals surface area contributed by atoms with Crippen LogP contribution in [0.2, 0.25) is 0 Å². The Morgan fingerprint density at radius 2 is 1.86 bits per heavy atom. The molecule has 0 radical (unpaired) electrons. The lowest BCUT2D eigenvalue weighted by atomic mass is 10.2. The van der Waals surface area contributed by atoms with Gasteiger partial charge in [-0.3, -0.25) is 13.9 Å². The Morgan fingerprint density at radius 1 is 1.23 bits per heavy atom. The molecule has 2 rings (SSSR count). The van der Waals surface area contributed by atoms with Crippen LogP contribution in [0.4, 0.5) is 5.82 Å². The van der Waals surface area contributed by atoms with E-state index in [0.717, 1.165) is 14.6 Å². The molecule has 0 aliphatic carbocycles. The van der Waals surface area contributed by atoms with Crippen molar-refractivity contribution in [1.82, 2.24) is 9.13 Å². The van der Waals surface area contributed by atoms with Gasteiger partial charge in [0.15, 0.2) is 5.56 Å². The lowest BCUT2D eigenvalue weighted by molar-refractivity contribution is 0.667. The molecular weight excluding hydrogens is 348 g/mol. The monoisotopic (exact) mass is 362 g/mol.